The molecule has 0 saturated carbocycles. The highest BCUT2D eigenvalue weighted by Gasteiger charge is 2.14. The number of nitrogens with one attached hydrogen (secondary N) is 1. The quantitative estimate of drug-likeness (QED) is 0.748. The van der Waals surface area contributed by atoms with Gasteiger partial charge >= 0.3 is 0 Å². The van der Waals surface area contributed by atoms with Crippen molar-refractivity contribution in [2.75, 3.05) is 25.0 Å². The van der Waals surface area contributed by atoms with Gasteiger partial charge in [-0.2, -0.15) is 0 Å². The average Bonchev–Trinajstić information content (AvgIpc) is 3.04. The Bertz CT molecular complexity index is 805. The van der Waals surface area contributed by atoms with Crippen LogP contribution >= 0.6 is 0 Å². The fourth-order valence-corrected chi connectivity index (χ4v) is 3.53. The Labute approximate surface area is 148 Å². The molecule has 3 aromatic rings. The topological polar surface area (TPSA) is 46.0 Å². The molecule has 4 rings (SSSR count). The van der Waals surface area contributed by atoms with Crippen LogP contribution in [0.1, 0.15) is 25.0 Å². The van der Waals surface area contributed by atoms with Crippen LogP contribution in [0.3, 0.4) is 0 Å². The van der Waals surface area contributed by atoms with Gasteiger partial charge in [0.1, 0.15) is 0 Å². The van der Waals surface area contributed by atoms with Crippen molar-refractivity contribution in [3.05, 3.63) is 54.4 Å². The predicted octanol–water partition coefficient (Wildman–Crippen LogP) is 3.53. The lowest BCUT2D eigenvalue weighted by molar-refractivity contribution is 0.222. The van der Waals surface area contributed by atoms with Crippen molar-refractivity contribution in [1.29, 1.82) is 0 Å². The molecule has 5 nitrogen and oxygen atoms in total. The second-order valence-electron chi connectivity index (χ2n) is 6.65. The van der Waals surface area contributed by atoms with Crippen LogP contribution in [-0.2, 0) is 13.1 Å². The number of likely N-dealkylation sites (tertiary alicyclic amines) is 1. The molecule has 0 amide bonds. The van der Waals surface area contributed by atoms with Gasteiger partial charge in [0.25, 0.3) is 0 Å². The summed E-state index contributed by atoms with van der Waals surface area (Å²) in [5.41, 5.74) is 3.27. The third-order valence-electron chi connectivity index (χ3n) is 4.90. The number of piperidine rings is 1. The number of fused-ring (bicyclic) bond motifs is 1. The minimum Gasteiger partial charge on any atom is -0.350 e. The molecule has 1 N–H and O–H groups in total. The normalized spacial score (nSPS) is 15.5. The first-order valence-electron chi connectivity index (χ1n) is 9.21. The van der Waals surface area contributed by atoms with Crippen LogP contribution in [0.25, 0.3) is 11.0 Å². The van der Waals surface area contributed by atoms with Crippen LogP contribution in [0.4, 0.5) is 5.95 Å². The van der Waals surface area contributed by atoms with Crippen molar-refractivity contribution < 1.29 is 0 Å². The number of hydrogen-bond acceptors (Lipinski definition) is 4. The highest BCUT2D eigenvalue weighted by molar-refractivity contribution is 5.78. The third-order valence-corrected chi connectivity index (χ3v) is 4.90. The van der Waals surface area contributed by atoms with E-state index in [4.69, 9.17) is 4.98 Å². The van der Waals surface area contributed by atoms with E-state index in [0.29, 0.717) is 6.54 Å². The number of aromatic nitrogens is 3. The maximum atomic E-state index is 4.80. The number of nitrogens with zero attached hydrogens (tertiary/aromatic N) is 4. The van der Waals surface area contributed by atoms with E-state index in [1.807, 2.05) is 30.5 Å². The van der Waals surface area contributed by atoms with Crippen molar-refractivity contribution in [3.63, 3.8) is 0 Å². The van der Waals surface area contributed by atoms with Gasteiger partial charge in [-0.25, -0.2) is 4.98 Å². The first-order valence-corrected chi connectivity index (χ1v) is 9.21. The molecule has 0 unspecified atom stereocenters. The van der Waals surface area contributed by atoms with Crippen molar-refractivity contribution in [1.82, 2.24) is 19.4 Å². The van der Waals surface area contributed by atoms with Gasteiger partial charge in [0.15, 0.2) is 0 Å². The number of benzene rings is 1. The van der Waals surface area contributed by atoms with Crippen LogP contribution in [0.15, 0.2) is 48.7 Å². The van der Waals surface area contributed by atoms with Gasteiger partial charge in [-0.05, 0) is 50.2 Å². The highest BCUT2D eigenvalue weighted by atomic mass is 15.2. The summed E-state index contributed by atoms with van der Waals surface area (Å²) in [5, 5.41) is 3.48. The highest BCUT2D eigenvalue weighted by Crippen LogP contribution is 2.20. The average molecular weight is 335 g/mol. The molecule has 2 aromatic heterocycles. The van der Waals surface area contributed by atoms with Gasteiger partial charge < -0.3 is 14.8 Å². The Kier molecular flexibility index (Phi) is 4.93. The molecule has 1 fully saturated rings. The molecule has 0 spiro atoms. The molecule has 5 heteroatoms. The zero-order valence-electron chi connectivity index (χ0n) is 14.6. The number of para-hydroxylation sites is 2. The smallest absolute Gasteiger partial charge is 0.204 e. The molecule has 1 aliphatic rings. The molecular weight excluding hydrogens is 310 g/mol. The van der Waals surface area contributed by atoms with Gasteiger partial charge in [-0.1, -0.05) is 24.6 Å². The van der Waals surface area contributed by atoms with E-state index in [0.717, 1.165) is 30.2 Å². The Morgan fingerprint density at radius 2 is 1.76 bits per heavy atom. The van der Waals surface area contributed by atoms with E-state index >= 15 is 0 Å². The van der Waals surface area contributed by atoms with Crippen LogP contribution in [0.5, 0.6) is 0 Å². The fourth-order valence-electron chi connectivity index (χ4n) is 3.53. The lowest BCUT2D eigenvalue weighted by Gasteiger charge is -2.26. The molecule has 1 saturated heterocycles. The van der Waals surface area contributed by atoms with Gasteiger partial charge in [0.05, 0.1) is 23.3 Å². The summed E-state index contributed by atoms with van der Waals surface area (Å²) in [4.78, 5) is 11.8. The lowest BCUT2D eigenvalue weighted by Crippen LogP contribution is -2.32. The summed E-state index contributed by atoms with van der Waals surface area (Å²) < 4.78 is 2.31. The summed E-state index contributed by atoms with van der Waals surface area (Å²) in [6, 6.07) is 14.4. The van der Waals surface area contributed by atoms with Crippen LogP contribution in [0.2, 0.25) is 0 Å². The molecule has 0 radical (unpaired) electrons. The molecular formula is C20H25N5. The fraction of sp³-hybridized carbons (Fsp3) is 0.400. The number of hydrogen-bond donors (Lipinski definition) is 1. The molecule has 1 aromatic carbocycles. The second-order valence-corrected chi connectivity index (χ2v) is 6.65. The van der Waals surface area contributed by atoms with E-state index in [-0.39, 0.29) is 0 Å². The second kappa shape index (κ2) is 7.66. The van der Waals surface area contributed by atoms with E-state index in [1.165, 1.54) is 37.9 Å². The summed E-state index contributed by atoms with van der Waals surface area (Å²) in [7, 11) is 0. The lowest BCUT2D eigenvalue weighted by atomic mass is 10.1. The molecule has 1 aliphatic heterocycles. The van der Waals surface area contributed by atoms with E-state index in [9.17, 15) is 0 Å². The summed E-state index contributed by atoms with van der Waals surface area (Å²) >= 11 is 0. The largest absolute Gasteiger partial charge is 0.350 e. The molecule has 130 valence electrons. The minimum absolute atomic E-state index is 0.688. The predicted molar refractivity (Wildman–Crippen MR) is 102 cm³/mol. The molecule has 3 heterocycles. The van der Waals surface area contributed by atoms with E-state index in [1.54, 1.807) is 0 Å². The van der Waals surface area contributed by atoms with Gasteiger partial charge in [-0.3, -0.25) is 4.98 Å². The first-order chi connectivity index (χ1) is 12.4. The summed E-state index contributed by atoms with van der Waals surface area (Å²) in [5.74, 6) is 0.934. The monoisotopic (exact) mass is 335 g/mol. The number of anilines is 1. The van der Waals surface area contributed by atoms with Crippen LogP contribution in [0, 0.1) is 0 Å². The Balaban J connectivity index is 1.52. The Hall–Kier alpha value is -2.40. The standard InChI is InChI=1S/C20H25N5/c1-6-12-24(13-7-1)14-15-25-19-10-3-2-9-18(19)23-20(25)22-16-17-8-4-5-11-21-17/h2-5,8-11H,1,6-7,12-16H2,(H,22,23). The third kappa shape index (κ3) is 3.82. The molecule has 25 heavy (non-hydrogen) atoms. The van der Waals surface area contributed by atoms with Crippen molar-refractivity contribution in [2.24, 2.45) is 0 Å². The van der Waals surface area contributed by atoms with Crippen molar-refractivity contribution in [3.8, 4) is 0 Å². The van der Waals surface area contributed by atoms with Crippen molar-refractivity contribution in [2.45, 2.75) is 32.4 Å². The SMILES string of the molecule is c1ccc(CNc2nc3ccccc3n2CCN2CCCCC2)nc1. The van der Waals surface area contributed by atoms with Gasteiger partial charge in [0.2, 0.25) is 5.95 Å². The first kappa shape index (κ1) is 16.1. The molecule has 0 atom stereocenters. The maximum absolute atomic E-state index is 4.80. The van der Waals surface area contributed by atoms with E-state index in [2.05, 4.69) is 38.0 Å². The molecule has 0 aliphatic carbocycles. The Morgan fingerprint density at radius 3 is 2.60 bits per heavy atom. The molecule has 0 bridgehead atoms. The zero-order chi connectivity index (χ0) is 16.9. The van der Waals surface area contributed by atoms with Crippen molar-refractivity contribution >= 4 is 17.0 Å². The number of imidazole rings is 1. The number of pyridine rings is 1. The number of rotatable bonds is 6. The van der Waals surface area contributed by atoms with Crippen LogP contribution in [-0.4, -0.2) is 39.1 Å². The van der Waals surface area contributed by atoms with Gasteiger partial charge in [-0.15, -0.1) is 0 Å². The zero-order valence-corrected chi connectivity index (χ0v) is 14.6. The maximum Gasteiger partial charge on any atom is 0.204 e. The minimum atomic E-state index is 0.688. The Morgan fingerprint density at radius 1 is 0.920 bits per heavy atom. The van der Waals surface area contributed by atoms with Crippen LogP contribution < -0.4 is 5.32 Å². The summed E-state index contributed by atoms with van der Waals surface area (Å²) in [6.07, 6.45) is 5.86. The van der Waals surface area contributed by atoms with E-state index < -0.39 is 0 Å². The van der Waals surface area contributed by atoms with Gasteiger partial charge in [0, 0.05) is 19.3 Å². The summed E-state index contributed by atoms with van der Waals surface area (Å²) in [6.45, 7) is 5.18.